The molecule has 2 aromatic rings. The Hall–Kier alpha value is -1.66. The average molecular weight is 374 g/mol. The van der Waals surface area contributed by atoms with Crippen LogP contribution < -0.4 is 0 Å². The summed E-state index contributed by atoms with van der Waals surface area (Å²) >= 11 is 1.74. The fourth-order valence-corrected chi connectivity index (χ4v) is 5.31. The zero-order valence-corrected chi connectivity index (χ0v) is 16.7. The van der Waals surface area contributed by atoms with Crippen LogP contribution in [0.15, 0.2) is 9.90 Å². The van der Waals surface area contributed by atoms with Crippen molar-refractivity contribution in [3.05, 3.63) is 38.4 Å². The lowest BCUT2D eigenvalue weighted by molar-refractivity contribution is 0.0681. The topological polar surface area (TPSA) is 49.6 Å². The molecule has 26 heavy (non-hydrogen) atoms. The number of amides is 1. The van der Waals surface area contributed by atoms with Crippen molar-refractivity contribution < 1.29 is 9.32 Å². The lowest BCUT2D eigenvalue weighted by Crippen LogP contribution is -2.39. The second kappa shape index (κ2) is 7.16. The third kappa shape index (κ3) is 3.32. The Kier molecular flexibility index (Phi) is 4.88. The van der Waals surface area contributed by atoms with E-state index < -0.39 is 0 Å². The number of fused-ring (bicyclic) bond motifs is 1. The van der Waals surface area contributed by atoms with Crippen LogP contribution in [0, 0.1) is 19.8 Å². The molecule has 0 aromatic carbocycles. The minimum atomic E-state index is 0.244. The van der Waals surface area contributed by atoms with Gasteiger partial charge in [0.15, 0.2) is 0 Å². The molecule has 2 aromatic heterocycles. The predicted molar refractivity (Wildman–Crippen MR) is 102 cm³/mol. The molecule has 5 nitrogen and oxygen atoms in total. The first-order valence-electron chi connectivity index (χ1n) is 9.55. The number of hydrogen-bond acceptors (Lipinski definition) is 5. The summed E-state index contributed by atoms with van der Waals surface area (Å²) in [6, 6.07) is 0. The summed E-state index contributed by atoms with van der Waals surface area (Å²) in [4.78, 5) is 18.8. The number of piperidine rings is 1. The first-order chi connectivity index (χ1) is 12.5. The molecule has 1 atom stereocenters. The Morgan fingerprint density at radius 3 is 2.96 bits per heavy atom. The molecule has 1 fully saturated rings. The molecule has 1 saturated heterocycles. The first-order valence-corrected chi connectivity index (χ1v) is 10.4. The fourth-order valence-electron chi connectivity index (χ4n) is 4.19. The largest absolute Gasteiger partial charge is 0.361 e. The van der Waals surface area contributed by atoms with Gasteiger partial charge in [-0.1, -0.05) is 12.1 Å². The molecular formula is C20H27N3O2S. The Morgan fingerprint density at radius 2 is 2.23 bits per heavy atom. The SMILES string of the molecule is Cc1noc(C)c1CN1CCc2c(C(=O)N3CCC[C@H](C)C3)csc2C1. The molecule has 1 amide bonds. The van der Waals surface area contributed by atoms with Crippen LogP contribution in [0.4, 0.5) is 0 Å². The van der Waals surface area contributed by atoms with Crippen LogP contribution in [0.25, 0.3) is 0 Å². The number of rotatable bonds is 3. The van der Waals surface area contributed by atoms with Gasteiger partial charge in [0, 0.05) is 48.5 Å². The molecule has 0 radical (unpaired) electrons. The highest BCUT2D eigenvalue weighted by atomic mass is 32.1. The number of carbonyl (C=O) groups is 1. The Balaban J connectivity index is 1.47. The number of nitrogens with zero attached hydrogens (tertiary/aromatic N) is 3. The van der Waals surface area contributed by atoms with Crippen molar-refractivity contribution in [1.29, 1.82) is 0 Å². The normalized spacial score (nSPS) is 21.0. The first kappa shape index (κ1) is 17.7. The van der Waals surface area contributed by atoms with Gasteiger partial charge in [0.05, 0.1) is 11.3 Å². The molecule has 0 unspecified atom stereocenters. The predicted octanol–water partition coefficient (Wildman–Crippen LogP) is 3.78. The number of aromatic nitrogens is 1. The highest BCUT2D eigenvalue weighted by Gasteiger charge is 2.28. The third-order valence-electron chi connectivity index (χ3n) is 5.76. The lowest BCUT2D eigenvalue weighted by atomic mass is 9.98. The Bertz CT molecular complexity index is 791. The van der Waals surface area contributed by atoms with Crippen LogP contribution in [0.5, 0.6) is 0 Å². The van der Waals surface area contributed by atoms with Crippen molar-refractivity contribution >= 4 is 17.2 Å². The summed E-state index contributed by atoms with van der Waals surface area (Å²) in [5, 5.41) is 6.15. The van der Waals surface area contributed by atoms with Gasteiger partial charge in [-0.25, -0.2) is 0 Å². The maximum Gasteiger partial charge on any atom is 0.254 e. The van der Waals surface area contributed by atoms with Crippen LogP contribution in [-0.4, -0.2) is 40.5 Å². The summed E-state index contributed by atoms with van der Waals surface area (Å²) in [5.74, 6) is 1.77. The minimum Gasteiger partial charge on any atom is -0.361 e. The summed E-state index contributed by atoms with van der Waals surface area (Å²) in [6.07, 6.45) is 3.32. The maximum atomic E-state index is 13.0. The molecule has 0 spiro atoms. The standard InChI is InChI=1S/C20H27N3O2S/c1-13-5-4-7-23(9-13)20(24)18-12-26-19-11-22(8-6-16(18)19)10-17-14(2)21-25-15(17)3/h12-13H,4-11H2,1-3H3/t13-/m0/s1. The lowest BCUT2D eigenvalue weighted by Gasteiger charge is -2.32. The molecule has 2 aliphatic rings. The van der Waals surface area contributed by atoms with E-state index in [0.717, 1.165) is 62.6 Å². The number of thiophene rings is 1. The van der Waals surface area contributed by atoms with E-state index in [-0.39, 0.29) is 5.91 Å². The highest BCUT2D eigenvalue weighted by molar-refractivity contribution is 7.10. The van der Waals surface area contributed by atoms with Crippen LogP contribution in [0.1, 0.15) is 57.6 Å². The van der Waals surface area contributed by atoms with Gasteiger partial charge < -0.3 is 9.42 Å². The van der Waals surface area contributed by atoms with Gasteiger partial charge in [0.1, 0.15) is 5.76 Å². The van der Waals surface area contributed by atoms with Gasteiger partial charge in [0.25, 0.3) is 5.91 Å². The zero-order valence-electron chi connectivity index (χ0n) is 15.9. The molecular weight excluding hydrogens is 346 g/mol. The Labute approximate surface area is 159 Å². The van der Waals surface area contributed by atoms with Gasteiger partial charge in [-0.05, 0) is 44.6 Å². The van der Waals surface area contributed by atoms with Crippen LogP contribution in [0.3, 0.4) is 0 Å². The van der Waals surface area contributed by atoms with E-state index in [9.17, 15) is 4.79 Å². The number of aryl methyl sites for hydroxylation is 2. The quantitative estimate of drug-likeness (QED) is 0.821. The van der Waals surface area contributed by atoms with E-state index in [0.29, 0.717) is 5.92 Å². The molecule has 4 heterocycles. The van der Waals surface area contributed by atoms with Gasteiger partial charge in [-0.2, -0.15) is 0 Å². The molecule has 0 N–H and O–H groups in total. The molecule has 4 rings (SSSR count). The minimum absolute atomic E-state index is 0.244. The molecule has 2 aliphatic heterocycles. The van der Waals surface area contributed by atoms with Crippen molar-refractivity contribution in [2.75, 3.05) is 19.6 Å². The summed E-state index contributed by atoms with van der Waals surface area (Å²) < 4.78 is 5.29. The van der Waals surface area contributed by atoms with Gasteiger partial charge in [-0.15, -0.1) is 11.3 Å². The molecule has 0 aliphatic carbocycles. The maximum absolute atomic E-state index is 13.0. The number of hydrogen-bond donors (Lipinski definition) is 0. The van der Waals surface area contributed by atoms with Crippen molar-refractivity contribution in [2.24, 2.45) is 5.92 Å². The van der Waals surface area contributed by atoms with Crippen LogP contribution in [0.2, 0.25) is 0 Å². The zero-order chi connectivity index (χ0) is 18.3. The molecule has 0 bridgehead atoms. The summed E-state index contributed by atoms with van der Waals surface area (Å²) in [6.45, 7) is 10.8. The van der Waals surface area contributed by atoms with Crippen molar-refractivity contribution in [3.8, 4) is 0 Å². The average Bonchev–Trinajstić information content (AvgIpc) is 3.19. The Morgan fingerprint density at radius 1 is 1.38 bits per heavy atom. The van der Waals surface area contributed by atoms with E-state index in [1.807, 2.05) is 13.8 Å². The van der Waals surface area contributed by atoms with E-state index in [1.54, 1.807) is 11.3 Å². The molecule has 140 valence electrons. The second-order valence-corrected chi connectivity index (χ2v) is 8.78. The number of carbonyl (C=O) groups excluding carboxylic acids is 1. The van der Waals surface area contributed by atoms with E-state index in [4.69, 9.17) is 4.52 Å². The van der Waals surface area contributed by atoms with Crippen LogP contribution >= 0.6 is 11.3 Å². The monoisotopic (exact) mass is 373 g/mol. The molecule has 6 heteroatoms. The smallest absolute Gasteiger partial charge is 0.254 e. The summed E-state index contributed by atoms with van der Waals surface area (Å²) in [7, 11) is 0. The van der Waals surface area contributed by atoms with E-state index >= 15 is 0 Å². The van der Waals surface area contributed by atoms with Crippen LogP contribution in [-0.2, 0) is 19.5 Å². The van der Waals surface area contributed by atoms with Gasteiger partial charge in [-0.3, -0.25) is 9.69 Å². The van der Waals surface area contributed by atoms with Gasteiger partial charge >= 0.3 is 0 Å². The van der Waals surface area contributed by atoms with Crippen molar-refractivity contribution in [1.82, 2.24) is 15.0 Å². The summed E-state index contributed by atoms with van der Waals surface area (Å²) in [5.41, 5.74) is 4.42. The molecule has 0 saturated carbocycles. The van der Waals surface area contributed by atoms with Crippen molar-refractivity contribution in [2.45, 2.75) is 53.1 Å². The van der Waals surface area contributed by atoms with Gasteiger partial charge in [0.2, 0.25) is 0 Å². The number of likely N-dealkylation sites (tertiary alicyclic amines) is 1. The highest BCUT2D eigenvalue weighted by Crippen LogP contribution is 2.31. The van der Waals surface area contributed by atoms with Crippen molar-refractivity contribution in [3.63, 3.8) is 0 Å². The van der Waals surface area contributed by atoms with E-state index in [1.165, 1.54) is 22.4 Å². The van der Waals surface area contributed by atoms with E-state index in [2.05, 4.69) is 27.3 Å². The fraction of sp³-hybridized carbons (Fsp3) is 0.600. The second-order valence-electron chi connectivity index (χ2n) is 7.81. The third-order valence-corrected chi connectivity index (χ3v) is 6.78.